The fraction of sp³-hybridized carbons (Fsp3) is 0.250. The molecule has 0 spiro atoms. The number of aryl methyl sites for hydroxylation is 1. The van der Waals surface area contributed by atoms with E-state index in [9.17, 15) is 0 Å². The number of nitrogens with two attached hydrogens (primary N) is 1. The fourth-order valence-corrected chi connectivity index (χ4v) is 2.81. The normalized spacial score (nSPS) is 12.2. The predicted octanol–water partition coefficient (Wildman–Crippen LogP) is 3.51. The molecule has 106 valence electrons. The van der Waals surface area contributed by atoms with E-state index in [0.717, 1.165) is 22.2 Å². The first kappa shape index (κ1) is 15.0. The number of ether oxygens (including phenoxy) is 1. The molecule has 2 aromatic rings. The minimum absolute atomic E-state index is 0.0685. The maximum absolute atomic E-state index is 5.71. The van der Waals surface area contributed by atoms with Crippen molar-refractivity contribution in [3.05, 3.63) is 63.6 Å². The van der Waals surface area contributed by atoms with Gasteiger partial charge in [-0.1, -0.05) is 35.9 Å². The fourth-order valence-electron chi connectivity index (χ4n) is 2.25. The van der Waals surface area contributed by atoms with Crippen molar-refractivity contribution in [2.45, 2.75) is 19.4 Å². The molecule has 4 heteroatoms. The lowest BCUT2D eigenvalue weighted by molar-refractivity contribution is 0.411. The molecular weight excluding hydrogens is 316 g/mol. The number of hydrogen-bond acceptors (Lipinski definition) is 3. The van der Waals surface area contributed by atoms with Crippen LogP contribution in [0.25, 0.3) is 0 Å². The molecule has 0 saturated carbocycles. The van der Waals surface area contributed by atoms with E-state index in [1.54, 1.807) is 7.11 Å². The van der Waals surface area contributed by atoms with Gasteiger partial charge >= 0.3 is 0 Å². The van der Waals surface area contributed by atoms with Gasteiger partial charge in [-0.2, -0.15) is 0 Å². The summed E-state index contributed by atoms with van der Waals surface area (Å²) in [7, 11) is 1.66. The van der Waals surface area contributed by atoms with Gasteiger partial charge in [0.25, 0.3) is 0 Å². The molecular formula is C16H19BrN2O. The predicted molar refractivity (Wildman–Crippen MR) is 85.6 cm³/mol. The van der Waals surface area contributed by atoms with E-state index in [1.807, 2.05) is 18.2 Å². The van der Waals surface area contributed by atoms with Crippen LogP contribution in [-0.4, -0.2) is 7.11 Å². The van der Waals surface area contributed by atoms with Gasteiger partial charge in [0.2, 0.25) is 0 Å². The number of halogens is 1. The molecule has 0 aliphatic carbocycles. The van der Waals surface area contributed by atoms with Crippen molar-refractivity contribution in [2.24, 2.45) is 5.84 Å². The summed E-state index contributed by atoms with van der Waals surface area (Å²) in [5, 5.41) is 0. The number of rotatable bonds is 5. The number of hydrogen-bond donors (Lipinski definition) is 2. The maximum atomic E-state index is 5.71. The van der Waals surface area contributed by atoms with Crippen molar-refractivity contribution in [2.75, 3.05) is 7.11 Å². The van der Waals surface area contributed by atoms with Crippen LogP contribution < -0.4 is 16.0 Å². The Morgan fingerprint density at radius 1 is 1.25 bits per heavy atom. The van der Waals surface area contributed by atoms with E-state index in [1.165, 1.54) is 11.1 Å². The Morgan fingerprint density at radius 3 is 2.65 bits per heavy atom. The van der Waals surface area contributed by atoms with Crippen molar-refractivity contribution in [1.82, 2.24) is 5.43 Å². The second kappa shape index (κ2) is 6.88. The average molecular weight is 335 g/mol. The second-order valence-electron chi connectivity index (χ2n) is 4.81. The number of methoxy groups -OCH3 is 1. The molecule has 0 fully saturated rings. The lowest BCUT2D eigenvalue weighted by atomic mass is 9.98. The molecule has 3 nitrogen and oxygen atoms in total. The Hall–Kier alpha value is -1.36. The molecule has 20 heavy (non-hydrogen) atoms. The molecule has 1 atom stereocenters. The van der Waals surface area contributed by atoms with Crippen LogP contribution in [0.1, 0.15) is 22.7 Å². The van der Waals surface area contributed by atoms with Crippen LogP contribution in [0.4, 0.5) is 0 Å². The van der Waals surface area contributed by atoms with Gasteiger partial charge in [-0.25, -0.2) is 0 Å². The highest BCUT2D eigenvalue weighted by Gasteiger charge is 2.12. The molecule has 2 rings (SSSR count). The van der Waals surface area contributed by atoms with Gasteiger partial charge in [0, 0.05) is 0 Å². The first-order valence-electron chi connectivity index (χ1n) is 6.49. The Bertz CT molecular complexity index is 586. The summed E-state index contributed by atoms with van der Waals surface area (Å²) in [6.45, 7) is 2.10. The van der Waals surface area contributed by atoms with Crippen LogP contribution in [0.2, 0.25) is 0 Å². The minimum Gasteiger partial charge on any atom is -0.496 e. The highest BCUT2D eigenvalue weighted by molar-refractivity contribution is 9.10. The van der Waals surface area contributed by atoms with E-state index >= 15 is 0 Å². The molecule has 2 aromatic carbocycles. The molecule has 0 heterocycles. The molecule has 0 aliphatic heterocycles. The van der Waals surface area contributed by atoms with Crippen LogP contribution >= 0.6 is 15.9 Å². The molecule has 0 amide bonds. The van der Waals surface area contributed by atoms with Gasteiger partial charge in [-0.05, 0) is 52.5 Å². The van der Waals surface area contributed by atoms with Gasteiger partial charge in [0.1, 0.15) is 5.75 Å². The average Bonchev–Trinajstić information content (AvgIpc) is 2.44. The first-order chi connectivity index (χ1) is 9.63. The van der Waals surface area contributed by atoms with Gasteiger partial charge in [-0.3, -0.25) is 11.3 Å². The lowest BCUT2D eigenvalue weighted by Crippen LogP contribution is -2.29. The standard InChI is InChI=1S/C16H19BrN2O/c1-11-4-3-5-12(8-11)9-15(19-18)13-6-7-16(20-2)14(17)10-13/h3-8,10,15,19H,9,18H2,1-2H3. The number of hydrazine groups is 1. The lowest BCUT2D eigenvalue weighted by Gasteiger charge is -2.18. The third-order valence-corrected chi connectivity index (χ3v) is 3.92. The summed E-state index contributed by atoms with van der Waals surface area (Å²) in [6, 6.07) is 14.6. The van der Waals surface area contributed by atoms with Crippen LogP contribution in [0.15, 0.2) is 46.9 Å². The molecule has 0 aromatic heterocycles. The summed E-state index contributed by atoms with van der Waals surface area (Å²) in [5.41, 5.74) is 6.54. The zero-order valence-electron chi connectivity index (χ0n) is 11.7. The van der Waals surface area contributed by atoms with Crippen molar-refractivity contribution in [3.63, 3.8) is 0 Å². The van der Waals surface area contributed by atoms with Crippen molar-refractivity contribution in [3.8, 4) is 5.75 Å². The van der Waals surface area contributed by atoms with E-state index in [0.29, 0.717) is 0 Å². The second-order valence-corrected chi connectivity index (χ2v) is 5.66. The Labute approximate surface area is 128 Å². The largest absolute Gasteiger partial charge is 0.496 e. The molecule has 0 saturated heterocycles. The zero-order chi connectivity index (χ0) is 14.5. The third kappa shape index (κ3) is 3.60. The molecule has 1 unspecified atom stereocenters. The maximum Gasteiger partial charge on any atom is 0.133 e. The summed E-state index contributed by atoms with van der Waals surface area (Å²) < 4.78 is 6.18. The van der Waals surface area contributed by atoms with Crippen LogP contribution in [0.3, 0.4) is 0 Å². The topological polar surface area (TPSA) is 47.3 Å². The van der Waals surface area contributed by atoms with E-state index in [4.69, 9.17) is 10.6 Å². The smallest absolute Gasteiger partial charge is 0.133 e. The van der Waals surface area contributed by atoms with Crippen molar-refractivity contribution < 1.29 is 4.74 Å². The van der Waals surface area contributed by atoms with E-state index in [2.05, 4.69) is 52.5 Å². The summed E-state index contributed by atoms with van der Waals surface area (Å²) in [6.07, 6.45) is 0.844. The van der Waals surface area contributed by atoms with Gasteiger partial charge in [-0.15, -0.1) is 0 Å². The number of nitrogens with one attached hydrogen (secondary N) is 1. The molecule has 0 aliphatic rings. The Morgan fingerprint density at radius 2 is 2.05 bits per heavy atom. The summed E-state index contributed by atoms with van der Waals surface area (Å²) >= 11 is 3.51. The van der Waals surface area contributed by atoms with Crippen LogP contribution in [0.5, 0.6) is 5.75 Å². The van der Waals surface area contributed by atoms with E-state index < -0.39 is 0 Å². The summed E-state index contributed by atoms with van der Waals surface area (Å²) in [5.74, 6) is 6.53. The molecule has 0 bridgehead atoms. The van der Waals surface area contributed by atoms with Gasteiger partial charge in [0.15, 0.2) is 0 Å². The zero-order valence-corrected chi connectivity index (χ0v) is 13.3. The Balaban J connectivity index is 2.22. The highest BCUT2D eigenvalue weighted by atomic mass is 79.9. The van der Waals surface area contributed by atoms with Crippen molar-refractivity contribution >= 4 is 15.9 Å². The van der Waals surface area contributed by atoms with Crippen LogP contribution in [0, 0.1) is 6.92 Å². The Kier molecular flexibility index (Phi) is 5.17. The SMILES string of the molecule is COc1ccc(C(Cc2cccc(C)c2)NN)cc1Br. The monoisotopic (exact) mass is 334 g/mol. The molecule has 3 N–H and O–H groups in total. The highest BCUT2D eigenvalue weighted by Crippen LogP contribution is 2.29. The van der Waals surface area contributed by atoms with Crippen molar-refractivity contribution in [1.29, 1.82) is 0 Å². The van der Waals surface area contributed by atoms with Gasteiger partial charge in [0.05, 0.1) is 17.6 Å². The quantitative estimate of drug-likeness (QED) is 0.649. The summed E-state index contributed by atoms with van der Waals surface area (Å²) in [4.78, 5) is 0. The van der Waals surface area contributed by atoms with E-state index in [-0.39, 0.29) is 6.04 Å². The molecule has 0 radical (unpaired) electrons. The van der Waals surface area contributed by atoms with Crippen LogP contribution in [-0.2, 0) is 6.42 Å². The van der Waals surface area contributed by atoms with Gasteiger partial charge < -0.3 is 4.74 Å². The minimum atomic E-state index is 0.0685. The third-order valence-electron chi connectivity index (χ3n) is 3.30. The first-order valence-corrected chi connectivity index (χ1v) is 7.28. The number of benzene rings is 2.